The summed E-state index contributed by atoms with van der Waals surface area (Å²) in [4.78, 5) is 24.7. The van der Waals surface area contributed by atoms with Crippen molar-refractivity contribution in [3.05, 3.63) is 72.0 Å². The number of benzene rings is 2. The van der Waals surface area contributed by atoms with Gasteiger partial charge < -0.3 is 23.6 Å². The highest BCUT2D eigenvalue weighted by atomic mass is 16.5. The fraction of sp³-hybridized carbons (Fsp3) is 0.0909. The molecule has 0 aliphatic rings. The number of amides is 1. The Balaban J connectivity index is 1.58. The number of hydrogen-bond donors (Lipinski definition) is 1. The Labute approximate surface area is 176 Å². The van der Waals surface area contributed by atoms with Gasteiger partial charge in [-0.05, 0) is 48.5 Å². The van der Waals surface area contributed by atoms with Crippen molar-refractivity contribution >= 4 is 17.6 Å². The summed E-state index contributed by atoms with van der Waals surface area (Å²) in [5.74, 6) is 0.290. The zero-order valence-corrected chi connectivity index (χ0v) is 16.6. The average Bonchev–Trinajstić information content (AvgIpc) is 3.50. The maximum Gasteiger partial charge on any atom is 0.337 e. The molecule has 9 nitrogen and oxygen atoms in total. The number of esters is 1. The van der Waals surface area contributed by atoms with Crippen LogP contribution in [-0.4, -0.2) is 36.3 Å². The molecule has 31 heavy (non-hydrogen) atoms. The summed E-state index contributed by atoms with van der Waals surface area (Å²) in [7, 11) is 2.71. The lowest BCUT2D eigenvalue weighted by molar-refractivity contribution is 0.0600. The molecule has 156 valence electrons. The van der Waals surface area contributed by atoms with E-state index >= 15 is 0 Å². The SMILES string of the molecule is COC(=O)c1ccc(OC)c(C(=O)Nc2cccc(-c3nnc(-c4ccco4)o3)c2)c1. The lowest BCUT2D eigenvalue weighted by Crippen LogP contribution is -2.14. The summed E-state index contributed by atoms with van der Waals surface area (Å²) < 4.78 is 20.9. The zero-order chi connectivity index (χ0) is 21.8. The summed E-state index contributed by atoms with van der Waals surface area (Å²) in [5.41, 5.74) is 1.52. The van der Waals surface area contributed by atoms with Gasteiger partial charge in [0, 0.05) is 11.3 Å². The summed E-state index contributed by atoms with van der Waals surface area (Å²) in [6, 6.07) is 14.8. The minimum Gasteiger partial charge on any atom is -0.496 e. The van der Waals surface area contributed by atoms with Crippen molar-refractivity contribution in [2.45, 2.75) is 0 Å². The van der Waals surface area contributed by atoms with Crippen molar-refractivity contribution in [1.29, 1.82) is 0 Å². The molecule has 0 bridgehead atoms. The number of furan rings is 1. The normalized spacial score (nSPS) is 10.5. The number of rotatable bonds is 6. The Bertz CT molecular complexity index is 1230. The van der Waals surface area contributed by atoms with Crippen LogP contribution >= 0.6 is 0 Å². The third-order valence-electron chi connectivity index (χ3n) is 4.39. The number of anilines is 1. The van der Waals surface area contributed by atoms with Crippen molar-refractivity contribution in [3.63, 3.8) is 0 Å². The van der Waals surface area contributed by atoms with Crippen LogP contribution in [0, 0.1) is 0 Å². The molecule has 0 aliphatic carbocycles. The molecule has 2 aromatic heterocycles. The van der Waals surface area contributed by atoms with Crippen LogP contribution < -0.4 is 10.1 Å². The minimum absolute atomic E-state index is 0.189. The van der Waals surface area contributed by atoms with Gasteiger partial charge in [-0.15, -0.1) is 10.2 Å². The van der Waals surface area contributed by atoms with Gasteiger partial charge in [0.1, 0.15) is 5.75 Å². The van der Waals surface area contributed by atoms with Gasteiger partial charge in [-0.1, -0.05) is 6.07 Å². The molecule has 1 amide bonds. The Morgan fingerprint density at radius 2 is 1.81 bits per heavy atom. The third-order valence-corrected chi connectivity index (χ3v) is 4.39. The molecule has 2 heterocycles. The molecule has 0 saturated heterocycles. The summed E-state index contributed by atoms with van der Waals surface area (Å²) >= 11 is 0. The number of carbonyl (C=O) groups is 2. The molecule has 9 heteroatoms. The number of nitrogens with zero attached hydrogens (tertiary/aromatic N) is 2. The molecule has 0 saturated carbocycles. The standard InChI is InChI=1S/C22H17N3O6/c1-28-17-9-8-14(22(27)29-2)12-16(17)19(26)23-15-6-3-5-13(11-15)20-24-25-21(31-20)18-7-4-10-30-18/h3-12H,1-2H3,(H,23,26). The third kappa shape index (κ3) is 4.15. The quantitative estimate of drug-likeness (QED) is 0.465. The highest BCUT2D eigenvalue weighted by Gasteiger charge is 2.18. The van der Waals surface area contributed by atoms with E-state index in [2.05, 4.69) is 15.5 Å². The number of methoxy groups -OCH3 is 2. The fourth-order valence-electron chi connectivity index (χ4n) is 2.90. The van der Waals surface area contributed by atoms with Gasteiger partial charge in [0.25, 0.3) is 11.8 Å². The topological polar surface area (TPSA) is 117 Å². The number of ether oxygens (including phenoxy) is 2. The van der Waals surface area contributed by atoms with Crippen molar-refractivity contribution in [2.75, 3.05) is 19.5 Å². The van der Waals surface area contributed by atoms with Crippen LogP contribution in [0.1, 0.15) is 20.7 Å². The lowest BCUT2D eigenvalue weighted by Gasteiger charge is -2.11. The van der Waals surface area contributed by atoms with E-state index in [-0.39, 0.29) is 22.9 Å². The average molecular weight is 419 g/mol. The van der Waals surface area contributed by atoms with Crippen LogP contribution in [0.2, 0.25) is 0 Å². The largest absolute Gasteiger partial charge is 0.496 e. The van der Waals surface area contributed by atoms with Gasteiger partial charge in [0.05, 0.1) is 31.6 Å². The second-order valence-electron chi connectivity index (χ2n) is 6.33. The molecular weight excluding hydrogens is 402 g/mol. The van der Waals surface area contributed by atoms with Crippen molar-refractivity contribution in [3.8, 4) is 28.9 Å². The number of hydrogen-bond acceptors (Lipinski definition) is 8. The van der Waals surface area contributed by atoms with Crippen LogP contribution in [0.3, 0.4) is 0 Å². The molecular formula is C22H17N3O6. The van der Waals surface area contributed by atoms with Crippen molar-refractivity contribution in [2.24, 2.45) is 0 Å². The first-order valence-corrected chi connectivity index (χ1v) is 9.14. The second kappa shape index (κ2) is 8.54. The molecule has 0 atom stereocenters. The van der Waals surface area contributed by atoms with E-state index < -0.39 is 11.9 Å². The van der Waals surface area contributed by atoms with Crippen LogP contribution in [0.25, 0.3) is 23.1 Å². The van der Waals surface area contributed by atoms with Gasteiger partial charge >= 0.3 is 5.97 Å². The predicted octanol–water partition coefficient (Wildman–Crippen LogP) is 4.04. The number of aromatic nitrogens is 2. The van der Waals surface area contributed by atoms with Gasteiger partial charge in [-0.25, -0.2) is 4.79 Å². The van der Waals surface area contributed by atoms with E-state index in [0.717, 1.165) is 0 Å². The van der Waals surface area contributed by atoms with Crippen LogP contribution in [-0.2, 0) is 4.74 Å². The molecule has 0 fully saturated rings. The van der Waals surface area contributed by atoms with Gasteiger partial charge in [0.15, 0.2) is 5.76 Å². The number of carbonyl (C=O) groups excluding carboxylic acids is 2. The van der Waals surface area contributed by atoms with Crippen molar-refractivity contribution in [1.82, 2.24) is 10.2 Å². The van der Waals surface area contributed by atoms with E-state index in [1.807, 2.05) is 0 Å². The Hall–Kier alpha value is -4.40. The predicted molar refractivity (Wildman–Crippen MR) is 110 cm³/mol. The molecule has 0 spiro atoms. The van der Waals surface area contributed by atoms with Crippen LogP contribution in [0.5, 0.6) is 5.75 Å². The molecule has 4 rings (SSSR count). The van der Waals surface area contributed by atoms with E-state index in [1.165, 1.54) is 38.7 Å². The maximum absolute atomic E-state index is 12.9. The van der Waals surface area contributed by atoms with E-state index in [4.69, 9.17) is 18.3 Å². The first-order valence-electron chi connectivity index (χ1n) is 9.14. The lowest BCUT2D eigenvalue weighted by atomic mass is 10.1. The highest BCUT2D eigenvalue weighted by molar-refractivity contribution is 6.07. The minimum atomic E-state index is -0.553. The van der Waals surface area contributed by atoms with Crippen LogP contribution in [0.4, 0.5) is 5.69 Å². The molecule has 4 aromatic rings. The second-order valence-corrected chi connectivity index (χ2v) is 6.33. The van der Waals surface area contributed by atoms with E-state index in [0.29, 0.717) is 22.8 Å². The molecule has 1 N–H and O–H groups in total. The fourth-order valence-corrected chi connectivity index (χ4v) is 2.90. The molecule has 0 aliphatic heterocycles. The first-order chi connectivity index (χ1) is 15.1. The highest BCUT2D eigenvalue weighted by Crippen LogP contribution is 2.27. The van der Waals surface area contributed by atoms with Crippen molar-refractivity contribution < 1.29 is 27.9 Å². The summed E-state index contributed by atoms with van der Waals surface area (Å²) in [6.07, 6.45) is 1.51. The number of nitrogens with one attached hydrogen (secondary N) is 1. The molecule has 2 aromatic carbocycles. The van der Waals surface area contributed by atoms with E-state index in [9.17, 15) is 9.59 Å². The monoisotopic (exact) mass is 419 g/mol. The Morgan fingerprint density at radius 1 is 0.968 bits per heavy atom. The maximum atomic E-state index is 12.9. The van der Waals surface area contributed by atoms with Gasteiger partial charge in [-0.3, -0.25) is 4.79 Å². The van der Waals surface area contributed by atoms with Gasteiger partial charge in [-0.2, -0.15) is 0 Å². The Morgan fingerprint density at radius 3 is 2.55 bits per heavy atom. The van der Waals surface area contributed by atoms with E-state index in [1.54, 1.807) is 36.4 Å². The smallest absolute Gasteiger partial charge is 0.337 e. The molecule has 0 radical (unpaired) electrons. The van der Waals surface area contributed by atoms with Crippen LogP contribution in [0.15, 0.2) is 69.7 Å². The molecule has 0 unspecified atom stereocenters. The Kier molecular flexibility index (Phi) is 5.48. The van der Waals surface area contributed by atoms with Gasteiger partial charge in [0.2, 0.25) is 5.89 Å². The summed E-state index contributed by atoms with van der Waals surface area (Å²) in [6.45, 7) is 0. The first kappa shape index (κ1) is 19.9. The zero-order valence-electron chi connectivity index (χ0n) is 16.6. The summed E-state index contributed by atoms with van der Waals surface area (Å²) in [5, 5.41) is 10.8.